The summed E-state index contributed by atoms with van der Waals surface area (Å²) in [6.45, 7) is 6.07. The summed E-state index contributed by atoms with van der Waals surface area (Å²) < 4.78 is 0. The highest BCUT2D eigenvalue weighted by molar-refractivity contribution is 7.99. The second-order valence-electron chi connectivity index (χ2n) is 5.14. The minimum Gasteiger partial charge on any atom is -0.342 e. The Morgan fingerprint density at radius 1 is 1.37 bits per heavy atom. The quantitative estimate of drug-likeness (QED) is 0.837. The van der Waals surface area contributed by atoms with Gasteiger partial charge in [0.2, 0.25) is 5.91 Å². The normalized spacial score (nSPS) is 20.1. The molecule has 1 aromatic carbocycles. The molecule has 0 N–H and O–H groups in total. The van der Waals surface area contributed by atoms with Gasteiger partial charge >= 0.3 is 0 Å². The zero-order chi connectivity index (χ0) is 13.7. The summed E-state index contributed by atoms with van der Waals surface area (Å²) in [6, 6.07) is 8.63. The second-order valence-corrected chi connectivity index (χ2v) is 6.45. The molecule has 1 unspecified atom stereocenters. The lowest BCUT2D eigenvalue weighted by atomic mass is 10.0. The van der Waals surface area contributed by atoms with Gasteiger partial charge in [-0.05, 0) is 30.9 Å². The van der Waals surface area contributed by atoms with E-state index in [0.717, 1.165) is 31.7 Å². The van der Waals surface area contributed by atoms with E-state index in [-0.39, 0.29) is 0 Å². The maximum atomic E-state index is 12.0. The van der Waals surface area contributed by atoms with Crippen LogP contribution >= 0.6 is 11.8 Å². The van der Waals surface area contributed by atoms with Crippen LogP contribution in [0.5, 0.6) is 0 Å². The molecule has 0 bridgehead atoms. The predicted molar refractivity (Wildman–Crippen MR) is 82.5 cm³/mol. The third-order valence-electron chi connectivity index (χ3n) is 3.69. The van der Waals surface area contributed by atoms with Crippen LogP contribution in [0.1, 0.15) is 42.6 Å². The lowest BCUT2D eigenvalue weighted by Gasteiger charge is -2.20. The molecule has 104 valence electrons. The molecule has 2 rings (SSSR count). The molecule has 0 radical (unpaired) electrons. The largest absolute Gasteiger partial charge is 0.342 e. The molecular weight excluding hydrogens is 254 g/mol. The van der Waals surface area contributed by atoms with Crippen molar-refractivity contribution in [3.8, 4) is 0 Å². The van der Waals surface area contributed by atoms with Crippen molar-refractivity contribution in [1.29, 1.82) is 0 Å². The first kappa shape index (κ1) is 14.4. The van der Waals surface area contributed by atoms with Crippen molar-refractivity contribution < 1.29 is 4.79 Å². The van der Waals surface area contributed by atoms with Crippen LogP contribution in [0.4, 0.5) is 0 Å². The van der Waals surface area contributed by atoms with Gasteiger partial charge < -0.3 is 4.90 Å². The number of hydrogen-bond donors (Lipinski definition) is 0. The van der Waals surface area contributed by atoms with Crippen LogP contribution in [0, 0.1) is 6.92 Å². The van der Waals surface area contributed by atoms with Crippen LogP contribution in [0.2, 0.25) is 0 Å². The standard InChI is InChI=1S/C16H23NOS/c1-3-6-16(18)17-10-9-15(19-12-11-17)14-8-5-4-7-13(14)2/h4-5,7-8,15H,3,6,9-12H2,1-2H3. The number of amides is 1. The van der Waals surface area contributed by atoms with Gasteiger partial charge in [-0.2, -0.15) is 11.8 Å². The molecule has 0 saturated carbocycles. The van der Waals surface area contributed by atoms with Crippen LogP contribution < -0.4 is 0 Å². The zero-order valence-corrected chi connectivity index (χ0v) is 12.7. The Bertz CT molecular complexity index is 433. The van der Waals surface area contributed by atoms with E-state index in [2.05, 4.69) is 43.0 Å². The fourth-order valence-corrected chi connectivity index (χ4v) is 3.91. The van der Waals surface area contributed by atoms with Gasteiger partial charge in [-0.25, -0.2) is 0 Å². The summed E-state index contributed by atoms with van der Waals surface area (Å²) in [7, 11) is 0. The Labute approximate surface area is 120 Å². The van der Waals surface area contributed by atoms with Crippen LogP contribution in [-0.4, -0.2) is 29.6 Å². The van der Waals surface area contributed by atoms with Crippen molar-refractivity contribution in [2.75, 3.05) is 18.8 Å². The minimum atomic E-state index is 0.327. The smallest absolute Gasteiger partial charge is 0.222 e. The van der Waals surface area contributed by atoms with E-state index in [1.165, 1.54) is 11.1 Å². The van der Waals surface area contributed by atoms with Gasteiger partial charge in [0.1, 0.15) is 0 Å². The first-order valence-corrected chi connectivity index (χ1v) is 8.22. The molecule has 3 heteroatoms. The van der Waals surface area contributed by atoms with E-state index in [4.69, 9.17) is 0 Å². The molecule has 1 fully saturated rings. The SMILES string of the molecule is CCCC(=O)N1CCSC(c2ccccc2C)CC1. The monoisotopic (exact) mass is 277 g/mol. The van der Waals surface area contributed by atoms with Crippen LogP contribution in [0.3, 0.4) is 0 Å². The van der Waals surface area contributed by atoms with Gasteiger partial charge in [0.05, 0.1) is 0 Å². The molecule has 1 aliphatic rings. The Morgan fingerprint density at radius 2 is 2.16 bits per heavy atom. The first-order valence-electron chi connectivity index (χ1n) is 7.17. The molecular formula is C16H23NOS. The van der Waals surface area contributed by atoms with Crippen molar-refractivity contribution in [3.63, 3.8) is 0 Å². The van der Waals surface area contributed by atoms with Crippen molar-refractivity contribution in [2.45, 2.75) is 38.4 Å². The highest BCUT2D eigenvalue weighted by Crippen LogP contribution is 2.35. The summed E-state index contributed by atoms with van der Waals surface area (Å²) >= 11 is 2.00. The van der Waals surface area contributed by atoms with Gasteiger partial charge in [-0.1, -0.05) is 31.2 Å². The van der Waals surface area contributed by atoms with E-state index in [1.54, 1.807) is 0 Å². The molecule has 1 saturated heterocycles. The van der Waals surface area contributed by atoms with Gasteiger partial charge in [-0.3, -0.25) is 4.79 Å². The van der Waals surface area contributed by atoms with Gasteiger partial charge in [0.15, 0.2) is 0 Å². The zero-order valence-electron chi connectivity index (χ0n) is 11.9. The Balaban J connectivity index is 2.01. The van der Waals surface area contributed by atoms with Crippen LogP contribution in [0.15, 0.2) is 24.3 Å². The van der Waals surface area contributed by atoms with Gasteiger partial charge in [0, 0.05) is 30.5 Å². The maximum Gasteiger partial charge on any atom is 0.222 e. The molecule has 1 atom stereocenters. The van der Waals surface area contributed by atoms with E-state index in [1.807, 2.05) is 11.8 Å². The Morgan fingerprint density at radius 3 is 2.89 bits per heavy atom. The Kier molecular flexibility index (Phi) is 5.32. The Hall–Kier alpha value is -0.960. The second kappa shape index (κ2) is 6.99. The minimum absolute atomic E-state index is 0.327. The number of nitrogens with zero attached hydrogens (tertiary/aromatic N) is 1. The van der Waals surface area contributed by atoms with Crippen molar-refractivity contribution in [1.82, 2.24) is 4.90 Å². The summed E-state index contributed by atoms with van der Waals surface area (Å²) in [5.74, 6) is 1.38. The van der Waals surface area contributed by atoms with E-state index in [9.17, 15) is 4.79 Å². The number of carbonyl (C=O) groups is 1. The molecule has 1 aromatic rings. The molecule has 19 heavy (non-hydrogen) atoms. The number of benzene rings is 1. The van der Waals surface area contributed by atoms with Crippen LogP contribution in [0.25, 0.3) is 0 Å². The van der Waals surface area contributed by atoms with Crippen molar-refractivity contribution >= 4 is 17.7 Å². The number of rotatable bonds is 3. The fraction of sp³-hybridized carbons (Fsp3) is 0.562. The molecule has 0 aliphatic carbocycles. The summed E-state index contributed by atoms with van der Waals surface area (Å²) in [6.07, 6.45) is 2.72. The van der Waals surface area contributed by atoms with E-state index in [0.29, 0.717) is 17.6 Å². The van der Waals surface area contributed by atoms with Gasteiger partial charge in [-0.15, -0.1) is 0 Å². The maximum absolute atomic E-state index is 12.0. The molecule has 0 spiro atoms. The van der Waals surface area contributed by atoms with E-state index >= 15 is 0 Å². The molecule has 1 aliphatic heterocycles. The number of carbonyl (C=O) groups excluding carboxylic acids is 1. The first-order chi connectivity index (χ1) is 9.22. The highest BCUT2D eigenvalue weighted by Gasteiger charge is 2.22. The van der Waals surface area contributed by atoms with E-state index < -0.39 is 0 Å². The van der Waals surface area contributed by atoms with Crippen molar-refractivity contribution in [2.24, 2.45) is 0 Å². The fourth-order valence-electron chi connectivity index (χ4n) is 2.59. The molecule has 1 amide bonds. The lowest BCUT2D eigenvalue weighted by Crippen LogP contribution is -2.32. The summed E-state index contributed by atoms with van der Waals surface area (Å²) in [5.41, 5.74) is 2.81. The summed E-state index contributed by atoms with van der Waals surface area (Å²) in [5, 5.41) is 0.542. The van der Waals surface area contributed by atoms with Crippen molar-refractivity contribution in [3.05, 3.63) is 35.4 Å². The van der Waals surface area contributed by atoms with Crippen LogP contribution in [-0.2, 0) is 4.79 Å². The summed E-state index contributed by atoms with van der Waals surface area (Å²) in [4.78, 5) is 14.0. The molecule has 2 nitrogen and oxygen atoms in total. The molecule has 1 heterocycles. The lowest BCUT2D eigenvalue weighted by molar-refractivity contribution is -0.131. The highest BCUT2D eigenvalue weighted by atomic mass is 32.2. The topological polar surface area (TPSA) is 20.3 Å². The number of thioether (sulfide) groups is 1. The number of aryl methyl sites for hydroxylation is 1. The third kappa shape index (κ3) is 3.75. The average molecular weight is 277 g/mol. The average Bonchev–Trinajstić information content (AvgIpc) is 2.65. The van der Waals surface area contributed by atoms with Gasteiger partial charge in [0.25, 0.3) is 0 Å². The predicted octanol–water partition coefficient (Wildman–Crippen LogP) is 3.80. The number of hydrogen-bond acceptors (Lipinski definition) is 2. The third-order valence-corrected chi connectivity index (χ3v) is 5.00. The molecule has 0 aromatic heterocycles.